The van der Waals surface area contributed by atoms with Crippen LogP contribution in [0.3, 0.4) is 0 Å². The van der Waals surface area contributed by atoms with E-state index in [9.17, 15) is 43.6 Å². The van der Waals surface area contributed by atoms with Gasteiger partial charge in [0.2, 0.25) is 41.1 Å². The first-order chi connectivity index (χ1) is 12.7. The Morgan fingerprint density at radius 2 is 1.39 bits per heavy atom. The number of benzene rings is 1. The summed E-state index contributed by atoms with van der Waals surface area (Å²) in [6.07, 6.45) is -0.264. The number of nitrogens with zero attached hydrogens (tertiary/aromatic N) is 3. The Bertz CT molecular complexity index is 844. The molecule has 3 rings (SSSR count). The molecule has 2 atom stereocenters. The molecular weight excluding hydrogens is 411 g/mol. The van der Waals surface area contributed by atoms with Crippen molar-refractivity contribution >= 4 is 7.25 Å². The van der Waals surface area contributed by atoms with Gasteiger partial charge in [0.15, 0.2) is 6.17 Å². The molecule has 28 heavy (non-hydrogen) atoms. The fourth-order valence-corrected chi connectivity index (χ4v) is 2.77. The van der Waals surface area contributed by atoms with E-state index >= 15 is 0 Å². The summed E-state index contributed by atoms with van der Waals surface area (Å²) in [5, 5.41) is 3.68. The molecule has 0 saturated heterocycles. The first-order valence-corrected chi connectivity index (χ1v) is 7.77. The van der Waals surface area contributed by atoms with Crippen LogP contribution in [0.2, 0.25) is 0 Å². The molecule has 2 aromatic rings. The third-order valence-corrected chi connectivity index (χ3v) is 3.98. The summed E-state index contributed by atoms with van der Waals surface area (Å²) in [6.45, 7) is 3.66. The van der Waals surface area contributed by atoms with Gasteiger partial charge in [-0.1, -0.05) is 18.5 Å². The number of fused-ring (bicyclic) bond motifs is 1. The van der Waals surface area contributed by atoms with E-state index in [2.05, 4.69) is 5.10 Å². The highest BCUT2D eigenvalue weighted by Gasteiger charge is 2.43. The standard InChI is InChI=1S/C14H12F6N3.BF4/c1-5(2)7-3-6(15)14-21-23(4-22(7)14)13-11(19)9(17)8(16)10(18)12(13)20;2-1(3,4)5/h4-7H,3H2,1-2H3;/q+1;-1. The van der Waals surface area contributed by atoms with Crippen molar-refractivity contribution in [1.82, 2.24) is 9.78 Å². The summed E-state index contributed by atoms with van der Waals surface area (Å²) >= 11 is 0. The maximum absolute atomic E-state index is 14.0. The fourth-order valence-electron chi connectivity index (χ4n) is 2.77. The number of alkyl halides is 1. The number of rotatable bonds is 2. The van der Waals surface area contributed by atoms with Crippen LogP contribution >= 0.6 is 0 Å². The maximum Gasteiger partial charge on any atom is 0.673 e. The van der Waals surface area contributed by atoms with Crippen molar-refractivity contribution in [3.8, 4) is 5.69 Å². The van der Waals surface area contributed by atoms with E-state index in [1.807, 2.05) is 13.8 Å². The summed E-state index contributed by atoms with van der Waals surface area (Å²) in [6, 6.07) is -0.310. The van der Waals surface area contributed by atoms with Crippen molar-refractivity contribution in [3.63, 3.8) is 0 Å². The van der Waals surface area contributed by atoms with E-state index in [0.29, 0.717) is 4.68 Å². The van der Waals surface area contributed by atoms with Gasteiger partial charge < -0.3 is 17.3 Å². The van der Waals surface area contributed by atoms with Crippen LogP contribution in [-0.2, 0) is 0 Å². The molecule has 0 saturated carbocycles. The minimum Gasteiger partial charge on any atom is -0.418 e. The molecule has 1 aliphatic heterocycles. The lowest BCUT2D eigenvalue weighted by Crippen LogP contribution is -2.39. The third-order valence-electron chi connectivity index (χ3n) is 3.98. The number of halogens is 10. The first-order valence-electron chi connectivity index (χ1n) is 7.77. The SMILES string of the molecule is CC(C)C1CC(F)c2nn(-c3c(F)c(F)c(F)c(F)c3F)c[n+]21.F[B-](F)(F)F. The Balaban J connectivity index is 0.000000500. The topological polar surface area (TPSA) is 21.7 Å². The molecule has 1 aliphatic rings. The molecule has 0 aliphatic carbocycles. The highest BCUT2D eigenvalue weighted by Crippen LogP contribution is 2.34. The van der Waals surface area contributed by atoms with E-state index in [-0.39, 0.29) is 24.2 Å². The summed E-state index contributed by atoms with van der Waals surface area (Å²) < 4.78 is 122. The Morgan fingerprint density at radius 3 is 1.82 bits per heavy atom. The highest BCUT2D eigenvalue weighted by atomic mass is 19.5. The van der Waals surface area contributed by atoms with Crippen molar-refractivity contribution < 1.29 is 48.2 Å². The Hall–Kier alpha value is -2.28. The summed E-state index contributed by atoms with van der Waals surface area (Å²) in [4.78, 5) is 0. The van der Waals surface area contributed by atoms with Crippen LogP contribution in [0, 0.1) is 35.0 Å². The molecular formula is C14H12BF10N3. The van der Waals surface area contributed by atoms with Gasteiger partial charge in [-0.05, 0) is 5.92 Å². The van der Waals surface area contributed by atoms with Crippen molar-refractivity contribution in [1.29, 1.82) is 0 Å². The molecule has 0 bridgehead atoms. The molecule has 0 amide bonds. The minimum absolute atomic E-state index is 0.00790. The van der Waals surface area contributed by atoms with Gasteiger partial charge in [-0.15, -0.1) is 0 Å². The summed E-state index contributed by atoms with van der Waals surface area (Å²) in [5.74, 6) is -10.5. The molecule has 0 fully saturated rings. The monoisotopic (exact) mass is 423 g/mol. The minimum atomic E-state index is -6.00. The predicted octanol–water partition coefficient (Wildman–Crippen LogP) is 4.77. The first kappa shape index (κ1) is 22.0. The van der Waals surface area contributed by atoms with Crippen LogP contribution in [0.15, 0.2) is 6.33 Å². The maximum atomic E-state index is 14.0. The largest absolute Gasteiger partial charge is 0.673 e. The zero-order valence-corrected chi connectivity index (χ0v) is 14.2. The van der Waals surface area contributed by atoms with Gasteiger partial charge in [-0.2, -0.15) is 8.78 Å². The van der Waals surface area contributed by atoms with Gasteiger partial charge in [0, 0.05) is 11.5 Å². The van der Waals surface area contributed by atoms with Crippen LogP contribution in [-0.4, -0.2) is 17.0 Å². The molecule has 0 spiro atoms. The number of aromatic nitrogens is 3. The number of hydrogen-bond acceptors (Lipinski definition) is 1. The fraction of sp³-hybridized carbons (Fsp3) is 0.429. The van der Waals surface area contributed by atoms with Crippen LogP contribution < -0.4 is 4.57 Å². The molecule has 1 aromatic carbocycles. The van der Waals surface area contributed by atoms with Gasteiger partial charge >= 0.3 is 13.1 Å². The van der Waals surface area contributed by atoms with E-state index in [4.69, 9.17) is 0 Å². The van der Waals surface area contributed by atoms with Gasteiger partial charge in [-0.3, -0.25) is 0 Å². The molecule has 1 aromatic heterocycles. The normalized spacial score (nSPS) is 18.9. The van der Waals surface area contributed by atoms with Crippen molar-refractivity contribution in [2.24, 2.45) is 5.92 Å². The molecule has 0 radical (unpaired) electrons. The number of hydrogen-bond donors (Lipinski definition) is 0. The van der Waals surface area contributed by atoms with Crippen LogP contribution in [0.25, 0.3) is 5.69 Å². The van der Waals surface area contributed by atoms with Gasteiger partial charge in [0.25, 0.3) is 0 Å². The van der Waals surface area contributed by atoms with Crippen LogP contribution in [0.5, 0.6) is 0 Å². The zero-order valence-electron chi connectivity index (χ0n) is 14.2. The lowest BCUT2D eigenvalue weighted by atomic mass is 10.0. The quantitative estimate of drug-likeness (QED) is 0.224. The van der Waals surface area contributed by atoms with Crippen molar-refractivity contribution in [2.45, 2.75) is 32.5 Å². The van der Waals surface area contributed by atoms with Gasteiger partial charge in [0.05, 0.1) is 6.04 Å². The van der Waals surface area contributed by atoms with E-state index in [0.717, 1.165) is 6.33 Å². The van der Waals surface area contributed by atoms with E-state index in [1.54, 1.807) is 0 Å². The molecule has 2 unspecified atom stereocenters. The second kappa shape index (κ2) is 7.62. The molecule has 2 heterocycles. The summed E-state index contributed by atoms with van der Waals surface area (Å²) in [7, 11) is -6.00. The lowest BCUT2D eigenvalue weighted by molar-refractivity contribution is -0.723. The average molecular weight is 423 g/mol. The van der Waals surface area contributed by atoms with Crippen molar-refractivity contribution in [3.05, 3.63) is 41.2 Å². The third kappa shape index (κ3) is 4.24. The zero-order chi connectivity index (χ0) is 21.5. The van der Waals surface area contributed by atoms with E-state index in [1.165, 1.54) is 4.57 Å². The lowest BCUT2D eigenvalue weighted by Gasteiger charge is -2.12. The smallest absolute Gasteiger partial charge is 0.418 e. The van der Waals surface area contributed by atoms with Gasteiger partial charge in [-0.25, -0.2) is 22.1 Å². The van der Waals surface area contributed by atoms with Crippen LogP contribution in [0.4, 0.5) is 43.6 Å². The van der Waals surface area contributed by atoms with Gasteiger partial charge in [0.1, 0.15) is 0 Å². The van der Waals surface area contributed by atoms with Crippen molar-refractivity contribution in [2.75, 3.05) is 0 Å². The second-order valence-corrected chi connectivity index (χ2v) is 6.25. The highest BCUT2D eigenvalue weighted by molar-refractivity contribution is 6.50. The average Bonchev–Trinajstić information content (AvgIpc) is 3.10. The second-order valence-electron chi connectivity index (χ2n) is 6.25. The Labute approximate surface area is 151 Å². The molecule has 3 nitrogen and oxygen atoms in total. The Morgan fingerprint density at radius 1 is 0.964 bits per heavy atom. The van der Waals surface area contributed by atoms with Crippen LogP contribution in [0.1, 0.15) is 38.3 Å². The molecule has 0 N–H and O–H groups in total. The molecule has 14 heteroatoms. The predicted molar refractivity (Wildman–Crippen MR) is 76.1 cm³/mol. The molecule has 156 valence electrons. The Kier molecular flexibility index (Phi) is 6.00. The van der Waals surface area contributed by atoms with E-state index < -0.39 is 48.2 Å². The summed E-state index contributed by atoms with van der Waals surface area (Å²) in [5.41, 5.74) is -1.22.